The predicted molar refractivity (Wildman–Crippen MR) is 53.8 cm³/mol. The Balaban J connectivity index is 2.52. The van der Waals surface area contributed by atoms with Crippen molar-refractivity contribution in [1.29, 1.82) is 0 Å². The molecule has 0 fully saturated rings. The van der Waals surface area contributed by atoms with Gasteiger partial charge < -0.3 is 5.32 Å². The number of hydrogen-bond donors (Lipinski definition) is 2. The third-order valence-corrected chi connectivity index (χ3v) is 1.76. The van der Waals surface area contributed by atoms with Crippen LogP contribution in [0.5, 0.6) is 0 Å². The van der Waals surface area contributed by atoms with Gasteiger partial charge in [-0.2, -0.15) is 12.6 Å². The second kappa shape index (κ2) is 4.52. The summed E-state index contributed by atoms with van der Waals surface area (Å²) in [4.78, 5) is 0. The molecular weight excluding hydrogens is 178 g/mol. The predicted octanol–water partition coefficient (Wildman–Crippen LogP) is 2.68. The van der Waals surface area contributed by atoms with Gasteiger partial charge >= 0.3 is 0 Å². The fraction of sp³-hybridized carbons (Fsp3) is 0.250. The molecule has 0 saturated carbocycles. The van der Waals surface area contributed by atoms with Crippen LogP contribution in [-0.4, -0.2) is 12.3 Å². The Kier molecular flexibility index (Phi) is 3.60. The monoisotopic (exact) mass is 187 g/mol. The largest absolute Gasteiger partial charge is 0.384 e. The Hall–Kier alpha value is -0.340. The van der Waals surface area contributed by atoms with Gasteiger partial charge in [-0.05, 0) is 24.3 Å². The van der Waals surface area contributed by atoms with Crippen LogP contribution < -0.4 is 5.32 Å². The molecule has 0 aliphatic rings. The normalized spacial score (nSPS) is 9.64. The van der Waals surface area contributed by atoms with E-state index in [1.54, 1.807) is 0 Å². The third kappa shape index (κ3) is 3.04. The Morgan fingerprint density at radius 1 is 1.27 bits per heavy atom. The Morgan fingerprint density at radius 3 is 2.45 bits per heavy atom. The zero-order valence-corrected chi connectivity index (χ0v) is 7.70. The fourth-order valence-electron chi connectivity index (χ4n) is 0.768. The second-order valence-corrected chi connectivity index (χ2v) is 3.04. The molecule has 0 spiro atoms. The summed E-state index contributed by atoms with van der Waals surface area (Å²) in [5.41, 5.74) is 1.09. The van der Waals surface area contributed by atoms with Gasteiger partial charge in [-0.3, -0.25) is 0 Å². The third-order valence-electron chi connectivity index (χ3n) is 1.29. The lowest BCUT2D eigenvalue weighted by Crippen LogP contribution is -2.01. The van der Waals surface area contributed by atoms with Crippen molar-refractivity contribution in [2.24, 2.45) is 0 Å². The van der Waals surface area contributed by atoms with E-state index in [4.69, 9.17) is 11.6 Å². The van der Waals surface area contributed by atoms with Crippen molar-refractivity contribution < 1.29 is 0 Å². The van der Waals surface area contributed by atoms with Crippen LogP contribution in [0.15, 0.2) is 24.3 Å². The molecule has 0 aliphatic heterocycles. The van der Waals surface area contributed by atoms with Crippen LogP contribution in [0.4, 0.5) is 5.69 Å². The number of hydrogen-bond acceptors (Lipinski definition) is 2. The first-order chi connectivity index (χ1) is 5.33. The minimum atomic E-state index is 0.765. The molecule has 0 atom stereocenters. The van der Waals surface area contributed by atoms with Gasteiger partial charge in [-0.25, -0.2) is 0 Å². The molecule has 1 nitrogen and oxygen atoms in total. The Morgan fingerprint density at radius 2 is 1.91 bits per heavy atom. The molecule has 0 bridgehead atoms. The average molecular weight is 188 g/mol. The number of anilines is 1. The van der Waals surface area contributed by atoms with Crippen LogP contribution >= 0.6 is 24.2 Å². The molecule has 0 unspecified atom stereocenters. The van der Waals surface area contributed by atoms with Gasteiger partial charge in [0, 0.05) is 23.0 Å². The molecule has 0 aromatic heterocycles. The number of thiol groups is 1. The van der Waals surface area contributed by atoms with E-state index >= 15 is 0 Å². The van der Waals surface area contributed by atoms with Crippen molar-refractivity contribution in [3.63, 3.8) is 0 Å². The van der Waals surface area contributed by atoms with Gasteiger partial charge in [-0.1, -0.05) is 11.6 Å². The summed E-state index contributed by atoms with van der Waals surface area (Å²) in [6.45, 7) is 0.880. The van der Waals surface area contributed by atoms with Crippen molar-refractivity contribution in [1.82, 2.24) is 0 Å². The molecule has 3 heteroatoms. The summed E-state index contributed by atoms with van der Waals surface area (Å²) in [5, 5.41) is 3.95. The maximum Gasteiger partial charge on any atom is 0.0407 e. The highest BCUT2D eigenvalue weighted by molar-refractivity contribution is 7.80. The van der Waals surface area contributed by atoms with Crippen LogP contribution in [0.25, 0.3) is 0 Å². The van der Waals surface area contributed by atoms with E-state index in [2.05, 4.69) is 17.9 Å². The molecule has 1 rings (SSSR count). The van der Waals surface area contributed by atoms with Gasteiger partial charge in [0.25, 0.3) is 0 Å². The van der Waals surface area contributed by atoms with Crippen LogP contribution in [0, 0.1) is 0 Å². The van der Waals surface area contributed by atoms with Gasteiger partial charge in [0.1, 0.15) is 0 Å². The molecule has 0 amide bonds. The molecule has 0 aliphatic carbocycles. The molecule has 11 heavy (non-hydrogen) atoms. The van der Waals surface area contributed by atoms with Gasteiger partial charge in [0.05, 0.1) is 0 Å². The fourth-order valence-corrected chi connectivity index (χ4v) is 1.01. The molecule has 0 heterocycles. The molecule has 1 aromatic carbocycles. The first kappa shape index (κ1) is 8.75. The first-order valence-corrected chi connectivity index (χ1v) is 4.44. The molecular formula is C8H10ClNS. The van der Waals surface area contributed by atoms with Crippen molar-refractivity contribution in [3.05, 3.63) is 29.3 Å². The summed E-state index contributed by atoms with van der Waals surface area (Å²) >= 11 is 9.79. The van der Waals surface area contributed by atoms with E-state index in [1.165, 1.54) is 0 Å². The number of benzene rings is 1. The summed E-state index contributed by atoms with van der Waals surface area (Å²) in [5.74, 6) is 0.836. The topological polar surface area (TPSA) is 12.0 Å². The van der Waals surface area contributed by atoms with E-state index in [0.29, 0.717) is 0 Å². The number of rotatable bonds is 3. The summed E-state index contributed by atoms with van der Waals surface area (Å²) < 4.78 is 0. The highest BCUT2D eigenvalue weighted by Crippen LogP contribution is 2.12. The van der Waals surface area contributed by atoms with Gasteiger partial charge in [0.15, 0.2) is 0 Å². The lowest BCUT2D eigenvalue weighted by atomic mass is 10.3. The van der Waals surface area contributed by atoms with Crippen molar-refractivity contribution >= 4 is 29.9 Å². The van der Waals surface area contributed by atoms with Gasteiger partial charge in [-0.15, -0.1) is 0 Å². The maximum atomic E-state index is 5.70. The molecule has 0 saturated heterocycles. The highest BCUT2D eigenvalue weighted by Gasteiger charge is 1.89. The van der Waals surface area contributed by atoms with Crippen molar-refractivity contribution in [2.45, 2.75) is 0 Å². The summed E-state index contributed by atoms with van der Waals surface area (Å²) in [7, 11) is 0. The van der Waals surface area contributed by atoms with E-state index in [0.717, 1.165) is 23.0 Å². The molecule has 1 N–H and O–H groups in total. The number of nitrogens with one attached hydrogen (secondary N) is 1. The minimum Gasteiger partial charge on any atom is -0.384 e. The molecule has 0 radical (unpaired) electrons. The lowest BCUT2D eigenvalue weighted by Gasteiger charge is -2.02. The average Bonchev–Trinajstić information content (AvgIpc) is 2.04. The highest BCUT2D eigenvalue weighted by atomic mass is 35.5. The van der Waals surface area contributed by atoms with E-state index in [9.17, 15) is 0 Å². The minimum absolute atomic E-state index is 0.765. The lowest BCUT2D eigenvalue weighted by molar-refractivity contribution is 1.23. The van der Waals surface area contributed by atoms with Crippen LogP contribution in [0.1, 0.15) is 0 Å². The SMILES string of the molecule is SCCNc1ccc(Cl)cc1. The van der Waals surface area contributed by atoms with Crippen LogP contribution in [0.3, 0.4) is 0 Å². The Labute approximate surface area is 77.2 Å². The quantitative estimate of drug-likeness (QED) is 0.694. The zero-order chi connectivity index (χ0) is 8.10. The van der Waals surface area contributed by atoms with Crippen LogP contribution in [-0.2, 0) is 0 Å². The van der Waals surface area contributed by atoms with Crippen molar-refractivity contribution in [3.8, 4) is 0 Å². The van der Waals surface area contributed by atoms with E-state index in [1.807, 2.05) is 24.3 Å². The van der Waals surface area contributed by atoms with E-state index < -0.39 is 0 Å². The van der Waals surface area contributed by atoms with E-state index in [-0.39, 0.29) is 0 Å². The standard InChI is InChI=1S/C8H10ClNS/c9-7-1-3-8(4-2-7)10-5-6-11/h1-4,10-11H,5-6H2. The first-order valence-electron chi connectivity index (χ1n) is 3.43. The molecule has 1 aromatic rings. The number of halogens is 1. The zero-order valence-electron chi connectivity index (χ0n) is 6.05. The maximum absolute atomic E-state index is 5.70. The second-order valence-electron chi connectivity index (χ2n) is 2.16. The Bertz CT molecular complexity index is 210. The van der Waals surface area contributed by atoms with Gasteiger partial charge in [0.2, 0.25) is 0 Å². The smallest absolute Gasteiger partial charge is 0.0407 e. The summed E-state index contributed by atoms with van der Waals surface area (Å²) in [6.07, 6.45) is 0. The van der Waals surface area contributed by atoms with Crippen molar-refractivity contribution in [2.75, 3.05) is 17.6 Å². The summed E-state index contributed by atoms with van der Waals surface area (Å²) in [6, 6.07) is 7.63. The van der Waals surface area contributed by atoms with Crippen LogP contribution in [0.2, 0.25) is 5.02 Å². The molecule has 60 valence electrons.